The van der Waals surface area contributed by atoms with Crippen LogP contribution < -0.4 is 0 Å². The first-order valence-electron chi connectivity index (χ1n) is 14.0. The summed E-state index contributed by atoms with van der Waals surface area (Å²) < 4.78 is 0. The molecule has 2 nitrogen and oxygen atoms in total. The molecule has 2 atom stereocenters. The molecule has 184 valence electrons. The van der Waals surface area contributed by atoms with E-state index in [0.717, 1.165) is 31.5 Å². The second-order valence-electron chi connectivity index (χ2n) is 10.3. The molecule has 1 unspecified atom stereocenters. The number of hydrogen-bond donors (Lipinski definition) is 0. The molecule has 0 radical (unpaired) electrons. The van der Waals surface area contributed by atoms with E-state index < -0.39 is 0 Å². The highest BCUT2D eigenvalue weighted by molar-refractivity contribution is 5.77. The maximum absolute atomic E-state index is 11.2. The van der Waals surface area contributed by atoms with E-state index in [1.54, 1.807) is 6.92 Å². The molecule has 0 saturated heterocycles. The summed E-state index contributed by atoms with van der Waals surface area (Å²) in [4.78, 5) is 21.5. The molecule has 0 rings (SSSR count). The Morgan fingerprint density at radius 2 is 0.871 bits per heavy atom. The van der Waals surface area contributed by atoms with Crippen molar-refractivity contribution in [3.63, 3.8) is 0 Å². The summed E-state index contributed by atoms with van der Waals surface area (Å²) in [5, 5.41) is 0. The van der Waals surface area contributed by atoms with Gasteiger partial charge in [0.2, 0.25) is 0 Å². The molecule has 0 N–H and O–H groups in total. The van der Waals surface area contributed by atoms with Crippen molar-refractivity contribution in [2.24, 2.45) is 11.8 Å². The molecule has 0 aromatic rings. The maximum atomic E-state index is 11.2. The average Bonchev–Trinajstić information content (AvgIpc) is 2.75. The van der Waals surface area contributed by atoms with Crippen LogP contribution in [-0.4, -0.2) is 12.1 Å². The Balaban J connectivity index is 3.20. The lowest BCUT2D eigenvalue weighted by molar-refractivity contribution is -0.120. The molecule has 0 spiro atoms. The van der Waals surface area contributed by atoms with Crippen LogP contribution in [0.2, 0.25) is 0 Å². The van der Waals surface area contributed by atoms with E-state index in [9.17, 15) is 9.59 Å². The van der Waals surface area contributed by atoms with Crippen LogP contribution in [-0.2, 0) is 9.59 Å². The summed E-state index contributed by atoms with van der Waals surface area (Å²) in [5.41, 5.74) is 0. The summed E-state index contributed by atoms with van der Waals surface area (Å²) >= 11 is 0. The lowest BCUT2D eigenvalue weighted by Crippen LogP contribution is -2.05. The molecule has 0 aliphatic heterocycles. The predicted octanol–water partition coefficient (Wildman–Crippen LogP) is 9.63. The number of carbonyl (C=O) groups is 2. The van der Waals surface area contributed by atoms with Gasteiger partial charge in [0, 0.05) is 12.3 Å². The quantitative estimate of drug-likeness (QED) is 0.105. The van der Waals surface area contributed by atoms with Gasteiger partial charge in [0.05, 0.1) is 0 Å². The van der Waals surface area contributed by atoms with Gasteiger partial charge in [-0.3, -0.25) is 4.79 Å². The minimum Gasteiger partial charge on any atom is -0.303 e. The molecule has 31 heavy (non-hydrogen) atoms. The standard InChI is InChI=1S/C29H56O2/c1-27(24-20-16-14-17-21-25-28(2)29(3)31)23-19-15-12-10-8-6-4-5-7-9-11-13-18-22-26-30/h26-28H,4-25H2,1-3H3/t27?,28-/m0/s1. The van der Waals surface area contributed by atoms with E-state index in [1.807, 2.05) is 0 Å². The number of rotatable bonds is 25. The third-order valence-corrected chi connectivity index (χ3v) is 7.05. The summed E-state index contributed by atoms with van der Waals surface area (Å²) in [5.74, 6) is 1.51. The smallest absolute Gasteiger partial charge is 0.132 e. The van der Waals surface area contributed by atoms with Gasteiger partial charge in [-0.05, 0) is 25.7 Å². The van der Waals surface area contributed by atoms with Crippen molar-refractivity contribution < 1.29 is 9.59 Å². The van der Waals surface area contributed by atoms with Crippen molar-refractivity contribution in [1.82, 2.24) is 0 Å². The molecule has 0 aliphatic carbocycles. The van der Waals surface area contributed by atoms with Crippen molar-refractivity contribution in [2.45, 2.75) is 162 Å². The molecular formula is C29H56O2. The zero-order chi connectivity index (χ0) is 23.0. The summed E-state index contributed by atoms with van der Waals surface area (Å²) in [6.07, 6.45) is 30.1. The minimum absolute atomic E-state index is 0.265. The number of aldehydes is 1. The van der Waals surface area contributed by atoms with E-state index in [0.29, 0.717) is 5.78 Å². The van der Waals surface area contributed by atoms with Crippen molar-refractivity contribution in [2.75, 3.05) is 0 Å². The van der Waals surface area contributed by atoms with Gasteiger partial charge < -0.3 is 4.79 Å². The van der Waals surface area contributed by atoms with E-state index in [1.165, 1.54) is 122 Å². The van der Waals surface area contributed by atoms with Crippen LogP contribution in [0.1, 0.15) is 162 Å². The van der Waals surface area contributed by atoms with Crippen LogP contribution in [0.4, 0.5) is 0 Å². The first-order valence-corrected chi connectivity index (χ1v) is 14.0. The van der Waals surface area contributed by atoms with Gasteiger partial charge in [-0.25, -0.2) is 0 Å². The molecule has 0 aliphatic rings. The van der Waals surface area contributed by atoms with Crippen LogP contribution in [0.25, 0.3) is 0 Å². The van der Waals surface area contributed by atoms with Crippen molar-refractivity contribution in [3.8, 4) is 0 Å². The Morgan fingerprint density at radius 3 is 1.23 bits per heavy atom. The number of unbranched alkanes of at least 4 members (excludes halogenated alkanes) is 17. The highest BCUT2D eigenvalue weighted by atomic mass is 16.1. The number of carbonyl (C=O) groups excluding carboxylic acids is 2. The van der Waals surface area contributed by atoms with Gasteiger partial charge in [0.1, 0.15) is 12.1 Å². The summed E-state index contributed by atoms with van der Waals surface area (Å²) in [6.45, 7) is 6.23. The SMILES string of the molecule is CC(=O)[C@@H](C)CCCCCCCC(C)CCCCCCCCCCCCCCCC=O. The zero-order valence-electron chi connectivity index (χ0n) is 21.6. The zero-order valence-corrected chi connectivity index (χ0v) is 21.6. The van der Waals surface area contributed by atoms with Crippen LogP contribution in [0, 0.1) is 11.8 Å². The predicted molar refractivity (Wildman–Crippen MR) is 137 cm³/mol. The molecule has 0 fully saturated rings. The van der Waals surface area contributed by atoms with Crippen LogP contribution in [0.3, 0.4) is 0 Å². The van der Waals surface area contributed by atoms with Gasteiger partial charge in [0.25, 0.3) is 0 Å². The summed E-state index contributed by atoms with van der Waals surface area (Å²) in [7, 11) is 0. The number of ketones is 1. The van der Waals surface area contributed by atoms with Crippen LogP contribution in [0.5, 0.6) is 0 Å². The normalized spacial score (nSPS) is 13.3. The third kappa shape index (κ3) is 23.8. The first-order chi connectivity index (χ1) is 15.1. The lowest BCUT2D eigenvalue weighted by Gasteiger charge is -2.11. The Kier molecular flexibility index (Phi) is 23.5. The van der Waals surface area contributed by atoms with Crippen LogP contribution in [0.15, 0.2) is 0 Å². The van der Waals surface area contributed by atoms with Crippen molar-refractivity contribution >= 4 is 12.1 Å². The Bertz CT molecular complexity index is 390. The third-order valence-electron chi connectivity index (χ3n) is 7.05. The molecule has 0 heterocycles. The van der Waals surface area contributed by atoms with Crippen molar-refractivity contribution in [3.05, 3.63) is 0 Å². The van der Waals surface area contributed by atoms with E-state index in [-0.39, 0.29) is 5.92 Å². The largest absolute Gasteiger partial charge is 0.303 e. The molecular weight excluding hydrogens is 380 g/mol. The maximum Gasteiger partial charge on any atom is 0.132 e. The molecule has 0 saturated carbocycles. The van der Waals surface area contributed by atoms with Gasteiger partial charge in [-0.1, -0.05) is 136 Å². The van der Waals surface area contributed by atoms with Gasteiger partial charge >= 0.3 is 0 Å². The monoisotopic (exact) mass is 436 g/mol. The van der Waals surface area contributed by atoms with E-state index in [2.05, 4.69) is 13.8 Å². The average molecular weight is 437 g/mol. The number of hydrogen-bond acceptors (Lipinski definition) is 2. The van der Waals surface area contributed by atoms with Crippen LogP contribution >= 0.6 is 0 Å². The molecule has 0 aromatic heterocycles. The highest BCUT2D eigenvalue weighted by Crippen LogP contribution is 2.19. The lowest BCUT2D eigenvalue weighted by atomic mass is 9.95. The fraction of sp³-hybridized carbons (Fsp3) is 0.931. The highest BCUT2D eigenvalue weighted by Gasteiger charge is 2.06. The Hall–Kier alpha value is -0.660. The Labute approximate surface area is 195 Å². The van der Waals surface area contributed by atoms with Crippen molar-refractivity contribution in [1.29, 1.82) is 0 Å². The fourth-order valence-corrected chi connectivity index (χ4v) is 4.49. The topological polar surface area (TPSA) is 34.1 Å². The molecule has 2 heteroatoms. The van der Waals surface area contributed by atoms with Gasteiger partial charge in [-0.15, -0.1) is 0 Å². The fourth-order valence-electron chi connectivity index (χ4n) is 4.49. The van der Waals surface area contributed by atoms with E-state index in [4.69, 9.17) is 0 Å². The summed E-state index contributed by atoms with van der Waals surface area (Å²) in [6, 6.07) is 0. The van der Waals surface area contributed by atoms with Gasteiger partial charge in [-0.2, -0.15) is 0 Å². The Morgan fingerprint density at radius 1 is 0.548 bits per heavy atom. The molecule has 0 amide bonds. The molecule has 0 bridgehead atoms. The second-order valence-corrected chi connectivity index (χ2v) is 10.3. The minimum atomic E-state index is 0.265. The second kappa shape index (κ2) is 24.0. The number of Topliss-reactive ketones (excluding diaryl/α,β-unsaturated/α-hetero) is 1. The van der Waals surface area contributed by atoms with E-state index >= 15 is 0 Å². The molecule has 0 aromatic carbocycles. The first kappa shape index (κ1) is 30.3. The van der Waals surface area contributed by atoms with Gasteiger partial charge in [0.15, 0.2) is 0 Å².